The van der Waals surface area contributed by atoms with E-state index in [0.717, 1.165) is 18.8 Å². The number of hydrogen-bond acceptors (Lipinski definition) is 1. The molecule has 2 nitrogen and oxygen atoms in total. The van der Waals surface area contributed by atoms with E-state index in [1.54, 1.807) is 25.7 Å². The van der Waals surface area contributed by atoms with Crippen LogP contribution < -0.4 is 0 Å². The summed E-state index contributed by atoms with van der Waals surface area (Å²) in [4.78, 5) is 9.00. The van der Waals surface area contributed by atoms with Crippen LogP contribution in [0.4, 0.5) is 0 Å². The van der Waals surface area contributed by atoms with Crippen LogP contribution in [0.15, 0.2) is 0 Å². The predicted octanol–water partition coefficient (Wildman–Crippen LogP) is 4.24. The number of carboxylic acids is 1. The molecular weight excluding hydrogens is 307 g/mol. The average Bonchev–Trinajstić information content (AvgIpc) is 2.31. The standard InChI is InChI=1S/C12H22.C2H4O2.Pd/c1-3-7-11(8-4-1)12-9-5-2-6-10-12;1-2(3)4;/h11-12H,1-10H2;1H3,(H,3,4);. The van der Waals surface area contributed by atoms with Crippen LogP contribution >= 0.6 is 0 Å². The maximum atomic E-state index is 9.00. The van der Waals surface area contributed by atoms with E-state index < -0.39 is 5.97 Å². The Morgan fingerprint density at radius 3 is 1.29 bits per heavy atom. The quantitative estimate of drug-likeness (QED) is 0.729. The summed E-state index contributed by atoms with van der Waals surface area (Å²) in [7, 11) is 0. The molecule has 2 aliphatic carbocycles. The van der Waals surface area contributed by atoms with Crippen molar-refractivity contribution in [1.29, 1.82) is 0 Å². The van der Waals surface area contributed by atoms with Crippen molar-refractivity contribution in [2.75, 3.05) is 0 Å². The molecule has 2 rings (SSSR count). The maximum Gasteiger partial charge on any atom is 0.300 e. The Hall–Kier alpha value is 0.132. The van der Waals surface area contributed by atoms with Crippen molar-refractivity contribution in [2.24, 2.45) is 11.8 Å². The third kappa shape index (κ3) is 7.95. The molecule has 0 aromatic heterocycles. The van der Waals surface area contributed by atoms with Gasteiger partial charge in [-0.25, -0.2) is 0 Å². The molecule has 0 radical (unpaired) electrons. The summed E-state index contributed by atoms with van der Waals surface area (Å²) in [6, 6.07) is 0. The molecule has 0 saturated heterocycles. The van der Waals surface area contributed by atoms with E-state index in [1.165, 1.54) is 38.5 Å². The molecule has 0 spiro atoms. The van der Waals surface area contributed by atoms with E-state index in [2.05, 4.69) is 0 Å². The van der Waals surface area contributed by atoms with Crippen molar-refractivity contribution in [3.05, 3.63) is 0 Å². The number of carbonyl (C=O) groups is 1. The van der Waals surface area contributed by atoms with Gasteiger partial charge in [0, 0.05) is 27.3 Å². The topological polar surface area (TPSA) is 37.3 Å². The summed E-state index contributed by atoms with van der Waals surface area (Å²) in [5.41, 5.74) is 0. The minimum Gasteiger partial charge on any atom is -0.481 e. The van der Waals surface area contributed by atoms with Gasteiger partial charge in [-0.05, 0) is 11.8 Å². The van der Waals surface area contributed by atoms with Gasteiger partial charge in [-0.2, -0.15) is 0 Å². The number of rotatable bonds is 1. The third-order valence-corrected chi connectivity index (χ3v) is 3.97. The predicted molar refractivity (Wildman–Crippen MR) is 66.5 cm³/mol. The number of hydrogen-bond donors (Lipinski definition) is 1. The van der Waals surface area contributed by atoms with E-state index >= 15 is 0 Å². The fourth-order valence-electron chi connectivity index (χ4n) is 3.21. The molecule has 0 aromatic rings. The van der Waals surface area contributed by atoms with Gasteiger partial charge >= 0.3 is 0 Å². The van der Waals surface area contributed by atoms with Crippen molar-refractivity contribution in [1.82, 2.24) is 0 Å². The number of carboxylic acid groups (broad SMARTS) is 1. The first-order chi connectivity index (χ1) is 7.70. The van der Waals surface area contributed by atoms with Crippen LogP contribution in [0.25, 0.3) is 0 Å². The second-order valence-electron chi connectivity index (χ2n) is 5.32. The monoisotopic (exact) mass is 332 g/mol. The van der Waals surface area contributed by atoms with Gasteiger partial charge in [0.05, 0.1) is 0 Å². The summed E-state index contributed by atoms with van der Waals surface area (Å²) < 4.78 is 0. The largest absolute Gasteiger partial charge is 0.481 e. The van der Waals surface area contributed by atoms with E-state index in [9.17, 15) is 0 Å². The maximum absolute atomic E-state index is 9.00. The molecule has 2 saturated carbocycles. The fraction of sp³-hybridized carbons (Fsp3) is 0.929. The summed E-state index contributed by atoms with van der Waals surface area (Å²) in [5.74, 6) is 1.44. The molecule has 0 aliphatic heterocycles. The molecule has 17 heavy (non-hydrogen) atoms. The molecule has 0 aromatic carbocycles. The van der Waals surface area contributed by atoms with E-state index in [0.29, 0.717) is 0 Å². The Balaban J connectivity index is 0.000000453. The average molecular weight is 333 g/mol. The van der Waals surface area contributed by atoms with Crippen LogP contribution in [0.5, 0.6) is 0 Å². The zero-order valence-electron chi connectivity index (χ0n) is 10.9. The number of aliphatic carboxylic acids is 1. The van der Waals surface area contributed by atoms with Crippen LogP contribution in [-0.2, 0) is 25.2 Å². The summed E-state index contributed by atoms with van der Waals surface area (Å²) in [6.45, 7) is 1.08. The molecule has 2 fully saturated rings. The summed E-state index contributed by atoms with van der Waals surface area (Å²) in [5, 5.41) is 7.42. The van der Waals surface area contributed by atoms with Gasteiger partial charge in [-0.1, -0.05) is 64.2 Å². The van der Waals surface area contributed by atoms with E-state index in [4.69, 9.17) is 9.90 Å². The third-order valence-electron chi connectivity index (χ3n) is 3.97. The van der Waals surface area contributed by atoms with Gasteiger partial charge in [0.2, 0.25) is 0 Å². The minimum absolute atomic E-state index is 0. The zero-order chi connectivity index (χ0) is 11.8. The normalized spacial score (nSPS) is 21.9. The summed E-state index contributed by atoms with van der Waals surface area (Å²) >= 11 is 0. The van der Waals surface area contributed by atoms with E-state index in [1.807, 2.05) is 0 Å². The van der Waals surface area contributed by atoms with Gasteiger partial charge in [0.25, 0.3) is 5.97 Å². The Morgan fingerprint density at radius 1 is 0.824 bits per heavy atom. The van der Waals surface area contributed by atoms with Crippen LogP contribution in [0.1, 0.15) is 71.1 Å². The van der Waals surface area contributed by atoms with Crippen molar-refractivity contribution >= 4 is 5.97 Å². The van der Waals surface area contributed by atoms with Crippen LogP contribution in [0, 0.1) is 11.8 Å². The van der Waals surface area contributed by atoms with Crippen molar-refractivity contribution in [3.8, 4) is 0 Å². The Morgan fingerprint density at radius 2 is 1.06 bits per heavy atom. The van der Waals surface area contributed by atoms with Gasteiger partial charge in [0.15, 0.2) is 0 Å². The second-order valence-corrected chi connectivity index (χ2v) is 5.32. The molecule has 2 aliphatic rings. The molecule has 3 heteroatoms. The van der Waals surface area contributed by atoms with Gasteiger partial charge < -0.3 is 5.11 Å². The smallest absolute Gasteiger partial charge is 0.300 e. The van der Waals surface area contributed by atoms with Gasteiger partial charge in [-0.15, -0.1) is 0 Å². The zero-order valence-corrected chi connectivity index (χ0v) is 12.5. The van der Waals surface area contributed by atoms with Crippen molar-refractivity contribution in [2.45, 2.75) is 71.1 Å². The van der Waals surface area contributed by atoms with Crippen molar-refractivity contribution < 1.29 is 30.3 Å². The summed E-state index contributed by atoms with van der Waals surface area (Å²) in [6.07, 6.45) is 15.4. The molecular formula is C14H26O2Pd. The van der Waals surface area contributed by atoms with Crippen molar-refractivity contribution in [3.63, 3.8) is 0 Å². The first-order valence-corrected chi connectivity index (χ1v) is 6.89. The SMILES string of the molecule is C1CCC(C2CCCCC2)CC1.CC(=O)O.[Pd]. The van der Waals surface area contributed by atoms with Crippen LogP contribution in [0.3, 0.4) is 0 Å². The van der Waals surface area contributed by atoms with E-state index in [-0.39, 0.29) is 20.4 Å². The van der Waals surface area contributed by atoms with Crippen LogP contribution in [-0.4, -0.2) is 11.1 Å². The van der Waals surface area contributed by atoms with Gasteiger partial charge in [-0.3, -0.25) is 4.79 Å². The molecule has 1 N–H and O–H groups in total. The second kappa shape index (κ2) is 10.1. The Kier molecular flexibility index (Phi) is 10.2. The first-order valence-electron chi connectivity index (χ1n) is 6.89. The Bertz CT molecular complexity index is 174. The molecule has 0 heterocycles. The molecule has 0 atom stereocenters. The molecule has 0 bridgehead atoms. The minimum atomic E-state index is -0.833. The van der Waals surface area contributed by atoms with Gasteiger partial charge in [0.1, 0.15) is 0 Å². The van der Waals surface area contributed by atoms with Crippen LogP contribution in [0.2, 0.25) is 0 Å². The molecule has 104 valence electrons. The Labute approximate surface area is 119 Å². The molecule has 0 amide bonds. The fourth-order valence-corrected chi connectivity index (χ4v) is 3.21. The first kappa shape index (κ1) is 17.1. The molecule has 0 unspecified atom stereocenters.